The van der Waals surface area contributed by atoms with Crippen molar-refractivity contribution in [1.82, 2.24) is 14.9 Å². The van der Waals surface area contributed by atoms with E-state index in [4.69, 9.17) is 17.0 Å². The van der Waals surface area contributed by atoms with Gasteiger partial charge in [0, 0.05) is 34.6 Å². The van der Waals surface area contributed by atoms with E-state index >= 15 is 0 Å². The van der Waals surface area contributed by atoms with E-state index in [9.17, 15) is 18.0 Å². The van der Waals surface area contributed by atoms with Gasteiger partial charge in [-0.15, -0.1) is 0 Å². The summed E-state index contributed by atoms with van der Waals surface area (Å²) in [5, 5.41) is 6.74. The number of pyridine rings is 1. The third-order valence-electron chi connectivity index (χ3n) is 7.86. The average molecular weight is 642 g/mol. The number of hydrogen-bond acceptors (Lipinski definition) is 4. The van der Waals surface area contributed by atoms with Crippen LogP contribution in [0.5, 0.6) is 5.75 Å². The number of aryl methyl sites for hydroxylation is 1. The van der Waals surface area contributed by atoms with E-state index in [0.29, 0.717) is 22.2 Å². The maximum absolute atomic E-state index is 13.6. The fraction of sp³-hybridized carbons (Fsp3) is 0.171. The molecule has 0 spiro atoms. The molecule has 2 atom stereocenters. The lowest BCUT2D eigenvalue weighted by Crippen LogP contribution is -2.29. The first-order chi connectivity index (χ1) is 22.1. The molecular formula is C35H30F3N5O2S. The van der Waals surface area contributed by atoms with Crippen molar-refractivity contribution in [2.75, 3.05) is 16.8 Å². The van der Waals surface area contributed by atoms with Gasteiger partial charge < -0.3 is 24.8 Å². The first kappa shape index (κ1) is 30.8. The van der Waals surface area contributed by atoms with Gasteiger partial charge >= 0.3 is 6.18 Å². The van der Waals surface area contributed by atoms with Crippen molar-refractivity contribution in [1.29, 1.82) is 0 Å². The average Bonchev–Trinajstić information content (AvgIpc) is 3.55. The lowest BCUT2D eigenvalue weighted by molar-refractivity contribution is -0.137. The van der Waals surface area contributed by atoms with Gasteiger partial charge in [-0.2, -0.15) is 13.2 Å². The van der Waals surface area contributed by atoms with E-state index in [2.05, 4.69) is 15.6 Å². The molecular weight excluding hydrogens is 611 g/mol. The number of benzene rings is 3. The van der Waals surface area contributed by atoms with Crippen LogP contribution in [0.4, 0.5) is 24.5 Å². The van der Waals surface area contributed by atoms with Gasteiger partial charge in [0.2, 0.25) is 0 Å². The molecule has 3 heterocycles. The number of carbonyl (C=O) groups is 1. The highest BCUT2D eigenvalue weighted by atomic mass is 32.1. The second-order valence-corrected chi connectivity index (χ2v) is 11.3. The minimum Gasteiger partial charge on any atom is -0.484 e. The molecule has 1 amide bonds. The molecule has 6 rings (SSSR count). The number of nitrogens with zero attached hydrogens (tertiary/aromatic N) is 3. The Bertz CT molecular complexity index is 1860. The SMILES string of the molecule is Cc1cc([C@H]2[C@H](c3ccccn3)NC(=S)N2c2ccc(NC(=O)COc3ccccc3)cc2)c(C)n1-c1cccc(C(F)(F)F)c1. The van der Waals surface area contributed by atoms with Crippen molar-refractivity contribution in [2.45, 2.75) is 32.1 Å². The van der Waals surface area contributed by atoms with Crippen molar-refractivity contribution in [3.05, 3.63) is 138 Å². The van der Waals surface area contributed by atoms with Gasteiger partial charge in [-0.3, -0.25) is 9.78 Å². The van der Waals surface area contributed by atoms with Crippen LogP contribution in [0.15, 0.2) is 109 Å². The molecule has 1 aliphatic rings. The molecule has 0 bridgehead atoms. The number of anilines is 2. The third kappa shape index (κ3) is 6.32. The molecule has 3 aromatic carbocycles. The van der Waals surface area contributed by atoms with E-state index in [1.165, 1.54) is 6.07 Å². The lowest BCUT2D eigenvalue weighted by atomic mass is 9.96. The standard InChI is InChI=1S/C35H30F3N5O2S/c1-22-19-29(23(2)42(22)27-10-8-9-24(20-27)35(36,37)38)33-32(30-13-6-7-18-39-30)41-34(46)43(33)26-16-14-25(15-17-26)40-31(44)21-45-28-11-4-3-5-12-28/h3-20,32-33H,21H2,1-2H3,(H,40,44)(H,41,46)/t32-,33-/m0/s1. The molecule has 11 heteroatoms. The van der Waals surface area contributed by atoms with Crippen LogP contribution in [0, 0.1) is 13.8 Å². The van der Waals surface area contributed by atoms with E-state index in [-0.39, 0.29) is 24.6 Å². The molecule has 46 heavy (non-hydrogen) atoms. The molecule has 5 aromatic rings. The summed E-state index contributed by atoms with van der Waals surface area (Å²) in [5.74, 6) is 0.300. The highest BCUT2D eigenvalue weighted by Gasteiger charge is 2.42. The Kier molecular flexibility index (Phi) is 8.50. The first-order valence-corrected chi connectivity index (χ1v) is 15.0. The van der Waals surface area contributed by atoms with Crippen LogP contribution in [-0.4, -0.2) is 27.2 Å². The predicted molar refractivity (Wildman–Crippen MR) is 175 cm³/mol. The smallest absolute Gasteiger partial charge is 0.416 e. The summed E-state index contributed by atoms with van der Waals surface area (Å²) < 4.78 is 48.1. The van der Waals surface area contributed by atoms with Crippen LogP contribution >= 0.6 is 12.2 Å². The summed E-state index contributed by atoms with van der Waals surface area (Å²) in [6.45, 7) is 3.63. The number of halogens is 3. The second kappa shape index (κ2) is 12.7. The van der Waals surface area contributed by atoms with Crippen molar-refractivity contribution in [3.8, 4) is 11.4 Å². The number of thiocarbonyl (C=S) groups is 1. The molecule has 1 saturated heterocycles. The van der Waals surface area contributed by atoms with Crippen molar-refractivity contribution in [2.24, 2.45) is 0 Å². The number of aromatic nitrogens is 2. The van der Waals surface area contributed by atoms with Crippen LogP contribution in [0.1, 0.15) is 40.3 Å². The Morgan fingerprint density at radius 3 is 2.37 bits per heavy atom. The topological polar surface area (TPSA) is 71.4 Å². The molecule has 0 saturated carbocycles. The number of carbonyl (C=O) groups excluding carboxylic acids is 1. The van der Waals surface area contributed by atoms with Crippen molar-refractivity contribution >= 4 is 34.6 Å². The van der Waals surface area contributed by atoms with Gasteiger partial charge in [-0.1, -0.05) is 30.3 Å². The number of amides is 1. The molecule has 0 radical (unpaired) electrons. The quantitative estimate of drug-likeness (QED) is 0.169. The van der Waals surface area contributed by atoms with E-state index in [0.717, 1.165) is 40.5 Å². The summed E-state index contributed by atoms with van der Waals surface area (Å²) in [4.78, 5) is 19.1. The van der Waals surface area contributed by atoms with E-state index in [1.807, 2.05) is 77.9 Å². The summed E-state index contributed by atoms with van der Waals surface area (Å²) in [6, 6.07) is 28.6. The molecule has 0 unspecified atom stereocenters. The molecule has 0 aliphatic carbocycles. The van der Waals surface area contributed by atoms with E-state index in [1.54, 1.807) is 36.5 Å². The highest BCUT2D eigenvalue weighted by Crippen LogP contribution is 2.44. The van der Waals surface area contributed by atoms with Crippen LogP contribution in [0.25, 0.3) is 5.69 Å². The monoisotopic (exact) mass is 641 g/mol. The van der Waals surface area contributed by atoms with Gasteiger partial charge in [0.25, 0.3) is 5.91 Å². The summed E-state index contributed by atoms with van der Waals surface area (Å²) >= 11 is 5.86. The third-order valence-corrected chi connectivity index (χ3v) is 8.18. The van der Waals surface area contributed by atoms with Gasteiger partial charge in [0.15, 0.2) is 11.7 Å². The number of ether oxygens (including phenoxy) is 1. The Morgan fingerprint density at radius 1 is 0.935 bits per heavy atom. The zero-order valence-electron chi connectivity index (χ0n) is 25.0. The first-order valence-electron chi connectivity index (χ1n) is 14.5. The predicted octanol–water partition coefficient (Wildman–Crippen LogP) is 7.70. The summed E-state index contributed by atoms with van der Waals surface area (Å²) in [7, 11) is 0. The summed E-state index contributed by atoms with van der Waals surface area (Å²) in [5.41, 5.74) is 4.27. The van der Waals surface area contributed by atoms with Gasteiger partial charge in [-0.25, -0.2) is 0 Å². The van der Waals surface area contributed by atoms with Gasteiger partial charge in [0.1, 0.15) is 5.75 Å². The minimum absolute atomic E-state index is 0.138. The normalized spacial score (nSPS) is 16.3. The molecule has 2 aromatic heterocycles. The fourth-order valence-corrected chi connectivity index (χ4v) is 6.17. The zero-order valence-corrected chi connectivity index (χ0v) is 25.8. The lowest BCUT2D eigenvalue weighted by Gasteiger charge is -2.28. The molecule has 7 nitrogen and oxygen atoms in total. The van der Waals surface area contributed by atoms with Crippen molar-refractivity contribution < 1.29 is 22.7 Å². The Hall–Kier alpha value is -5.16. The van der Waals surface area contributed by atoms with Crippen LogP contribution in [0.3, 0.4) is 0 Å². The zero-order chi connectivity index (χ0) is 32.4. The molecule has 1 fully saturated rings. The number of nitrogens with one attached hydrogen (secondary N) is 2. The maximum atomic E-state index is 13.6. The number of para-hydroxylation sites is 1. The fourth-order valence-electron chi connectivity index (χ4n) is 5.82. The minimum atomic E-state index is -4.46. The maximum Gasteiger partial charge on any atom is 0.416 e. The largest absolute Gasteiger partial charge is 0.484 e. The molecule has 1 aliphatic heterocycles. The Labute approximate surface area is 269 Å². The van der Waals surface area contributed by atoms with Gasteiger partial charge in [0.05, 0.1) is 23.3 Å². The second-order valence-electron chi connectivity index (χ2n) is 10.9. The Morgan fingerprint density at radius 2 is 1.67 bits per heavy atom. The Balaban J connectivity index is 1.32. The molecule has 2 N–H and O–H groups in total. The van der Waals surface area contributed by atoms with E-state index < -0.39 is 11.7 Å². The summed E-state index contributed by atoms with van der Waals surface area (Å²) in [6.07, 6.45) is -2.75. The van der Waals surface area contributed by atoms with Gasteiger partial charge in [-0.05, 0) is 104 Å². The highest BCUT2D eigenvalue weighted by molar-refractivity contribution is 7.80. The number of rotatable bonds is 8. The van der Waals surface area contributed by atoms with Crippen LogP contribution in [0.2, 0.25) is 0 Å². The number of alkyl halides is 3. The number of hydrogen-bond donors (Lipinski definition) is 2. The van der Waals surface area contributed by atoms with Crippen LogP contribution in [-0.2, 0) is 11.0 Å². The van der Waals surface area contributed by atoms with Crippen molar-refractivity contribution in [3.63, 3.8) is 0 Å². The molecule has 234 valence electrons. The van der Waals surface area contributed by atoms with Crippen LogP contribution < -0.4 is 20.3 Å².